The number of non-ortho nitro benzene ring substituents is 1. The van der Waals surface area contributed by atoms with Gasteiger partial charge in [0.05, 0.1) is 11.5 Å². The predicted octanol–water partition coefficient (Wildman–Crippen LogP) is 3.71. The van der Waals surface area contributed by atoms with Gasteiger partial charge in [-0.25, -0.2) is 4.79 Å². The molecule has 0 saturated heterocycles. The van der Waals surface area contributed by atoms with Gasteiger partial charge in [0.15, 0.2) is 0 Å². The van der Waals surface area contributed by atoms with Gasteiger partial charge in [-0.05, 0) is 48.7 Å². The van der Waals surface area contributed by atoms with Gasteiger partial charge in [-0.15, -0.1) is 0 Å². The van der Waals surface area contributed by atoms with Crippen LogP contribution >= 0.6 is 0 Å². The van der Waals surface area contributed by atoms with E-state index in [2.05, 4.69) is 29.8 Å². The van der Waals surface area contributed by atoms with Gasteiger partial charge < -0.3 is 30.2 Å². The summed E-state index contributed by atoms with van der Waals surface area (Å²) in [6.45, 7) is 9.86. The number of hydrogen-bond donors (Lipinski definition) is 3. The van der Waals surface area contributed by atoms with Crippen molar-refractivity contribution in [2.24, 2.45) is 5.92 Å². The van der Waals surface area contributed by atoms with Crippen molar-refractivity contribution < 1.29 is 33.6 Å². The molecule has 3 N–H and O–H groups in total. The molecule has 0 aliphatic rings. The van der Waals surface area contributed by atoms with Crippen molar-refractivity contribution in [1.29, 1.82) is 0 Å². The first-order chi connectivity index (χ1) is 17.7. The van der Waals surface area contributed by atoms with Crippen molar-refractivity contribution in [2.45, 2.75) is 47.3 Å². The van der Waals surface area contributed by atoms with Gasteiger partial charge in [-0.3, -0.25) is 19.7 Å². The number of rotatable bonds is 11. The van der Waals surface area contributed by atoms with E-state index in [1.165, 1.54) is 24.3 Å². The minimum absolute atomic E-state index is 0. The van der Waals surface area contributed by atoms with E-state index in [9.17, 15) is 29.3 Å². The van der Waals surface area contributed by atoms with Crippen LogP contribution in [0.15, 0.2) is 48.5 Å². The zero-order valence-electron chi connectivity index (χ0n) is 21.8. The molecule has 0 aliphatic carbocycles. The third kappa shape index (κ3) is 14.7. The second-order valence-electron chi connectivity index (χ2n) is 7.41. The molecule has 0 bridgehead atoms. The van der Waals surface area contributed by atoms with E-state index in [0.29, 0.717) is 23.6 Å². The summed E-state index contributed by atoms with van der Waals surface area (Å²) in [6, 6.07) is 11.7. The normalized spacial score (nSPS) is 9.95. The molecule has 0 fully saturated rings. The Hall–Kier alpha value is -5.48. The van der Waals surface area contributed by atoms with Crippen LogP contribution in [-0.4, -0.2) is 42.4 Å². The van der Waals surface area contributed by atoms with E-state index < -0.39 is 11.1 Å². The van der Waals surface area contributed by atoms with Gasteiger partial charge in [0.2, 0.25) is 12.3 Å². The molecule has 12 nitrogen and oxygen atoms in total. The van der Waals surface area contributed by atoms with Gasteiger partial charge in [-0.1, -0.05) is 39.8 Å². The van der Waals surface area contributed by atoms with Crippen LogP contribution < -0.4 is 20.7 Å². The van der Waals surface area contributed by atoms with Crippen LogP contribution in [0.4, 0.5) is 16.2 Å². The molecule has 0 spiro atoms. The Balaban J connectivity index is 0. The minimum atomic E-state index is -0.957. The van der Waals surface area contributed by atoms with Crippen LogP contribution in [-0.2, 0) is 25.7 Å². The van der Waals surface area contributed by atoms with Crippen molar-refractivity contribution in [1.82, 2.24) is 10.6 Å². The number of hydrogen-bond acceptors (Lipinski definition) is 8. The van der Waals surface area contributed by atoms with Crippen molar-refractivity contribution in [3.05, 3.63) is 64.2 Å². The van der Waals surface area contributed by atoms with Crippen molar-refractivity contribution in [3.63, 3.8) is 0 Å². The second kappa shape index (κ2) is 19.8. The largest absolute Gasteiger partial charge is 0.527 e. The molecule has 214 valence electrons. The summed E-state index contributed by atoms with van der Waals surface area (Å²) >= 11 is 0. The summed E-state index contributed by atoms with van der Waals surface area (Å²) in [6.07, 6.45) is 1.12. The Morgan fingerprint density at radius 1 is 1.05 bits per heavy atom. The number of nitrogens with zero attached hydrogens (tertiary/aromatic N) is 1. The summed E-state index contributed by atoms with van der Waals surface area (Å²) in [5, 5.41) is 17.9. The van der Waals surface area contributed by atoms with E-state index in [0.717, 1.165) is 0 Å². The quantitative estimate of drug-likeness (QED) is 0.0592. The van der Waals surface area contributed by atoms with Gasteiger partial charge in [-0.2, -0.15) is 6.41 Å². The number of ether oxygens (including phenoxy) is 2. The minimum Gasteiger partial charge on any atom is -0.527 e. The first-order valence-electron chi connectivity index (χ1n) is 11.4. The van der Waals surface area contributed by atoms with E-state index in [4.69, 9.17) is 9.47 Å². The Kier molecular flexibility index (Phi) is 18.1. The molecule has 0 radical (unpaired) electrons. The Morgan fingerprint density at radius 3 is 2.08 bits per heavy atom. The number of nitro groups is 1. The fourth-order valence-corrected chi connectivity index (χ4v) is 2.19. The molecule has 0 aromatic heterocycles. The maximum atomic E-state index is 11.6. The Morgan fingerprint density at radius 2 is 1.63 bits per heavy atom. The SMILES string of the molecule is CC.CC(C)C(C)N[C-]=O.O=CNCC(=O)Nc1ccc(COC(=O)Oc2ccc([N+](=O)[O-])cc2)cc1.[Fm]. The predicted molar refractivity (Wildman–Crippen MR) is 138 cm³/mol. The molecule has 1 unspecified atom stereocenters. The molecule has 1 atom stereocenters. The first kappa shape index (κ1) is 34.7. The van der Waals surface area contributed by atoms with Crippen LogP contribution in [0, 0.1) is 16.0 Å². The van der Waals surface area contributed by atoms with E-state index in [1.807, 2.05) is 20.8 Å². The first-order valence-corrected chi connectivity index (χ1v) is 11.4. The van der Waals surface area contributed by atoms with Crippen LogP contribution in [0.3, 0.4) is 0 Å². The van der Waals surface area contributed by atoms with E-state index in [-0.39, 0.29) is 36.5 Å². The van der Waals surface area contributed by atoms with Crippen molar-refractivity contribution in [2.75, 3.05) is 11.9 Å². The molecule has 38 heavy (non-hydrogen) atoms. The summed E-state index contributed by atoms with van der Waals surface area (Å²) in [5.41, 5.74) is 1.05. The molecular weight excluding hydrogens is 741 g/mol. The summed E-state index contributed by atoms with van der Waals surface area (Å²) < 4.78 is 9.86. The smallest absolute Gasteiger partial charge is 0.514 e. The molecular formula is C25H33FmN4O8-. The summed E-state index contributed by atoms with van der Waals surface area (Å²) in [5.74, 6) is 0.238. The van der Waals surface area contributed by atoms with Gasteiger partial charge in [0.1, 0.15) is 12.4 Å². The van der Waals surface area contributed by atoms with Gasteiger partial charge >= 0.3 is 6.16 Å². The molecule has 0 aliphatic heterocycles. The monoisotopic (exact) mass is 774 g/mol. The van der Waals surface area contributed by atoms with Crippen molar-refractivity contribution >= 4 is 36.3 Å². The third-order valence-electron chi connectivity index (χ3n) is 4.48. The Labute approximate surface area is 215 Å². The molecule has 0 saturated carbocycles. The van der Waals surface area contributed by atoms with Crippen LogP contribution in [0.25, 0.3) is 0 Å². The maximum absolute atomic E-state index is 11.6. The number of benzene rings is 2. The zero-order chi connectivity index (χ0) is 28.2. The average molecular weight is 775 g/mol. The van der Waals surface area contributed by atoms with Crippen LogP contribution in [0.1, 0.15) is 40.2 Å². The molecule has 0 heterocycles. The molecule has 2 rings (SSSR count). The summed E-state index contributed by atoms with van der Waals surface area (Å²) in [4.78, 5) is 52.9. The number of nitrogens with one attached hydrogen (secondary N) is 3. The van der Waals surface area contributed by atoms with E-state index in [1.54, 1.807) is 30.7 Å². The molecule has 2 aromatic carbocycles. The zero-order valence-corrected chi connectivity index (χ0v) is 24.2. The number of amides is 3. The standard InChI is InChI=1S/C17H15N3O7.C6H12NO.C2H6.Fm/c21-11-18-9-16(22)19-13-3-1-12(2-4-13)10-26-17(23)27-15-7-5-14(6-8-15)20(24)25;1-5(2)6(3)7-4-8;1-2;/h1-8,11H,9-10H2,(H,18,21)(H,19,22);5-6H,1-3H3,(H,7,8);1-2H3;/q;-1;;. The topological polar surface area (TPSA) is 166 Å². The van der Waals surface area contributed by atoms with E-state index >= 15 is 0 Å². The number of carbonyl (C=O) groups excluding carboxylic acids is 4. The summed E-state index contributed by atoms with van der Waals surface area (Å²) in [7, 11) is 0. The Bertz CT molecular complexity index is 986. The maximum Gasteiger partial charge on any atom is 0.514 e. The van der Waals surface area contributed by atoms with Crippen LogP contribution in [0.2, 0.25) is 0 Å². The fraction of sp³-hybridized carbons (Fsp3) is 0.360. The average Bonchev–Trinajstić information content (AvgIpc) is 2.89. The van der Waals surface area contributed by atoms with Gasteiger partial charge in [0, 0.05) is 17.8 Å². The molecule has 13 heteroatoms. The molecule has 3 amide bonds. The molecule has 2 aromatic rings. The van der Waals surface area contributed by atoms with Crippen molar-refractivity contribution in [3.8, 4) is 5.75 Å². The third-order valence-corrected chi connectivity index (χ3v) is 4.48. The fourth-order valence-electron chi connectivity index (χ4n) is 2.19. The number of carbonyl (C=O) groups is 3. The van der Waals surface area contributed by atoms with Crippen LogP contribution in [0.5, 0.6) is 5.75 Å². The van der Waals surface area contributed by atoms with Gasteiger partial charge in [0.25, 0.3) is 5.69 Å². The number of nitro benzene ring substituents is 1. The second-order valence-corrected chi connectivity index (χ2v) is 7.41. The number of anilines is 1.